The Balaban J connectivity index is 2.16. The molecule has 9 nitrogen and oxygen atoms in total. The van der Waals surface area contributed by atoms with Crippen LogP contribution in [-0.2, 0) is 4.79 Å². The Hall–Kier alpha value is -3.75. The minimum atomic E-state index is -1.34. The molecule has 0 aliphatic heterocycles. The molecule has 0 unspecified atom stereocenters. The number of carboxylic acid groups (broad SMARTS) is 1. The van der Waals surface area contributed by atoms with E-state index in [4.69, 9.17) is 18.9 Å². The molecule has 0 aliphatic carbocycles. The van der Waals surface area contributed by atoms with Gasteiger partial charge in [-0.15, -0.1) is 0 Å². The van der Waals surface area contributed by atoms with E-state index < -0.39 is 18.5 Å². The quantitative estimate of drug-likeness (QED) is 0.492. The smallest absolute Gasteiger partial charge is 0.271 e. The molecule has 2 aromatic rings. The Kier molecular flexibility index (Phi) is 7.41. The van der Waals surface area contributed by atoms with Crippen molar-refractivity contribution in [2.24, 2.45) is 5.10 Å². The molecule has 1 amide bonds. The number of amides is 1. The number of aliphatic carboxylic acids is 1. The van der Waals surface area contributed by atoms with Gasteiger partial charge in [-0.3, -0.25) is 4.79 Å². The highest BCUT2D eigenvalue weighted by molar-refractivity contribution is 6.01. The largest absolute Gasteiger partial charge is 0.546 e. The molecule has 0 spiro atoms. The third-order valence-corrected chi connectivity index (χ3v) is 3.87. The molecule has 0 bridgehead atoms. The average Bonchev–Trinajstić information content (AvgIpc) is 2.74. The molecule has 0 fully saturated rings. The van der Waals surface area contributed by atoms with Crippen LogP contribution in [-0.4, -0.2) is 45.5 Å². The van der Waals surface area contributed by atoms with E-state index in [0.717, 1.165) is 0 Å². The standard InChI is InChI=1S/C20H22N2O7/c1-12(13-5-6-17(18(9-13)28-4)29-11-19(23)24)21-22-20(25)14-7-15(26-2)10-16(8-14)27-3/h5-10H,11H2,1-4H3,(H,22,25)(H,23,24)/p-1/b21-12-. The van der Waals surface area contributed by atoms with E-state index in [1.807, 2.05) is 0 Å². The zero-order valence-corrected chi connectivity index (χ0v) is 16.5. The lowest BCUT2D eigenvalue weighted by molar-refractivity contribution is -0.307. The van der Waals surface area contributed by atoms with Gasteiger partial charge < -0.3 is 28.8 Å². The maximum Gasteiger partial charge on any atom is 0.271 e. The van der Waals surface area contributed by atoms with E-state index in [1.54, 1.807) is 43.3 Å². The van der Waals surface area contributed by atoms with E-state index >= 15 is 0 Å². The summed E-state index contributed by atoms with van der Waals surface area (Å²) in [7, 11) is 4.41. The monoisotopic (exact) mass is 401 g/mol. The van der Waals surface area contributed by atoms with Crippen molar-refractivity contribution >= 4 is 17.6 Å². The van der Waals surface area contributed by atoms with Gasteiger partial charge in [-0.2, -0.15) is 5.10 Å². The number of benzene rings is 2. The van der Waals surface area contributed by atoms with Crippen molar-refractivity contribution in [2.75, 3.05) is 27.9 Å². The number of carboxylic acids is 1. The maximum atomic E-state index is 12.4. The Morgan fingerprint density at radius 1 is 0.931 bits per heavy atom. The Bertz CT molecular complexity index is 903. The average molecular weight is 401 g/mol. The Labute approximate surface area is 167 Å². The van der Waals surface area contributed by atoms with Crippen molar-refractivity contribution in [3.8, 4) is 23.0 Å². The van der Waals surface area contributed by atoms with Gasteiger partial charge in [-0.1, -0.05) is 0 Å². The fourth-order valence-electron chi connectivity index (χ4n) is 2.35. The van der Waals surface area contributed by atoms with Gasteiger partial charge in [0.25, 0.3) is 5.91 Å². The van der Waals surface area contributed by atoms with Gasteiger partial charge >= 0.3 is 0 Å². The van der Waals surface area contributed by atoms with Crippen molar-refractivity contribution < 1.29 is 33.6 Å². The zero-order chi connectivity index (χ0) is 21.4. The molecular formula is C20H21N2O7-. The lowest BCUT2D eigenvalue weighted by atomic mass is 10.1. The SMILES string of the molecule is COc1cc(OC)cc(C(=O)N/N=C(/C)c2ccc(OCC(=O)[O-])c(OC)c2)c1. The molecule has 29 heavy (non-hydrogen) atoms. The molecular weight excluding hydrogens is 380 g/mol. The summed E-state index contributed by atoms with van der Waals surface area (Å²) in [5.41, 5.74) is 3.94. The second-order valence-electron chi connectivity index (χ2n) is 5.77. The van der Waals surface area contributed by atoms with Crippen molar-refractivity contribution in [3.63, 3.8) is 0 Å². The van der Waals surface area contributed by atoms with Crippen LogP contribution in [0.2, 0.25) is 0 Å². The van der Waals surface area contributed by atoms with Crippen molar-refractivity contribution in [3.05, 3.63) is 47.5 Å². The van der Waals surface area contributed by atoms with Gasteiger partial charge in [-0.25, -0.2) is 5.43 Å². The highest BCUT2D eigenvalue weighted by Gasteiger charge is 2.11. The van der Waals surface area contributed by atoms with Crippen LogP contribution < -0.4 is 29.5 Å². The normalized spacial score (nSPS) is 10.8. The van der Waals surface area contributed by atoms with Crippen LogP contribution in [0.3, 0.4) is 0 Å². The van der Waals surface area contributed by atoms with Gasteiger partial charge in [0.05, 0.1) is 33.0 Å². The molecule has 154 valence electrons. The molecule has 0 aromatic heterocycles. The van der Waals surface area contributed by atoms with E-state index in [9.17, 15) is 14.7 Å². The Morgan fingerprint density at radius 2 is 1.59 bits per heavy atom. The van der Waals surface area contributed by atoms with Crippen molar-refractivity contribution in [1.29, 1.82) is 0 Å². The van der Waals surface area contributed by atoms with E-state index in [0.29, 0.717) is 34.1 Å². The second-order valence-corrected chi connectivity index (χ2v) is 5.77. The summed E-state index contributed by atoms with van der Waals surface area (Å²) in [4.78, 5) is 22.9. The predicted octanol–water partition coefficient (Wildman–Crippen LogP) is 0.995. The molecule has 0 heterocycles. The van der Waals surface area contributed by atoms with Gasteiger partial charge in [0.1, 0.15) is 18.1 Å². The summed E-state index contributed by atoms with van der Waals surface area (Å²) in [6, 6.07) is 9.60. The number of methoxy groups -OCH3 is 3. The minimum absolute atomic E-state index is 0.251. The van der Waals surface area contributed by atoms with Gasteiger partial charge in [0.15, 0.2) is 11.5 Å². The molecule has 0 aliphatic rings. The number of hydrazone groups is 1. The van der Waals surface area contributed by atoms with Crippen LogP contribution in [0.5, 0.6) is 23.0 Å². The first-order valence-electron chi connectivity index (χ1n) is 8.46. The molecule has 0 saturated carbocycles. The number of carbonyl (C=O) groups excluding carboxylic acids is 2. The molecule has 9 heteroatoms. The number of rotatable bonds is 9. The van der Waals surface area contributed by atoms with Crippen LogP contribution in [0.4, 0.5) is 0 Å². The number of hydrogen-bond acceptors (Lipinski definition) is 8. The fourth-order valence-corrected chi connectivity index (χ4v) is 2.35. The van der Waals surface area contributed by atoms with Gasteiger partial charge in [-0.05, 0) is 37.3 Å². The lowest BCUT2D eigenvalue weighted by Crippen LogP contribution is -2.29. The fraction of sp³-hybridized carbons (Fsp3) is 0.250. The summed E-state index contributed by atoms with van der Waals surface area (Å²) < 4.78 is 20.6. The van der Waals surface area contributed by atoms with Crippen LogP contribution >= 0.6 is 0 Å². The van der Waals surface area contributed by atoms with Crippen molar-refractivity contribution in [2.45, 2.75) is 6.92 Å². The maximum absolute atomic E-state index is 12.4. The van der Waals surface area contributed by atoms with E-state index in [2.05, 4.69) is 10.5 Å². The summed E-state index contributed by atoms with van der Waals surface area (Å²) >= 11 is 0. The highest BCUT2D eigenvalue weighted by atomic mass is 16.5. The predicted molar refractivity (Wildman–Crippen MR) is 103 cm³/mol. The van der Waals surface area contributed by atoms with Crippen LogP contribution in [0.25, 0.3) is 0 Å². The number of hydrogen-bond donors (Lipinski definition) is 1. The van der Waals surface area contributed by atoms with E-state index in [1.165, 1.54) is 21.3 Å². The second kappa shape index (κ2) is 9.98. The summed E-state index contributed by atoms with van der Waals surface area (Å²) in [6.45, 7) is 1.10. The summed E-state index contributed by atoms with van der Waals surface area (Å²) in [6.07, 6.45) is 0. The first kappa shape index (κ1) is 21.5. The van der Waals surface area contributed by atoms with Crippen molar-refractivity contribution in [1.82, 2.24) is 5.43 Å². The topological polar surface area (TPSA) is 119 Å². The first-order chi connectivity index (χ1) is 13.9. The zero-order valence-electron chi connectivity index (χ0n) is 16.5. The van der Waals surface area contributed by atoms with Crippen LogP contribution in [0, 0.1) is 0 Å². The third-order valence-electron chi connectivity index (χ3n) is 3.87. The first-order valence-corrected chi connectivity index (χ1v) is 8.46. The molecule has 0 radical (unpaired) electrons. The molecule has 2 rings (SSSR count). The molecule has 1 N–H and O–H groups in total. The summed E-state index contributed by atoms with van der Waals surface area (Å²) in [5.74, 6) is -0.254. The molecule has 0 saturated heterocycles. The number of carbonyl (C=O) groups is 2. The number of nitrogens with one attached hydrogen (secondary N) is 1. The lowest BCUT2D eigenvalue weighted by Gasteiger charge is -2.12. The van der Waals surface area contributed by atoms with Gasteiger partial charge in [0, 0.05) is 17.2 Å². The minimum Gasteiger partial charge on any atom is -0.546 e. The summed E-state index contributed by atoms with van der Waals surface area (Å²) in [5, 5.41) is 14.6. The third kappa shape index (κ3) is 5.86. The molecule has 2 aromatic carbocycles. The number of ether oxygens (including phenoxy) is 4. The highest BCUT2D eigenvalue weighted by Crippen LogP contribution is 2.28. The van der Waals surface area contributed by atoms with Gasteiger partial charge in [0.2, 0.25) is 0 Å². The van der Waals surface area contributed by atoms with Crippen LogP contribution in [0.1, 0.15) is 22.8 Å². The molecule has 0 atom stereocenters. The Morgan fingerprint density at radius 3 is 2.14 bits per heavy atom. The number of nitrogens with zero attached hydrogens (tertiary/aromatic N) is 1. The van der Waals surface area contributed by atoms with Crippen LogP contribution in [0.15, 0.2) is 41.5 Å². The van der Waals surface area contributed by atoms with E-state index in [-0.39, 0.29) is 5.75 Å².